The number of piperidine rings is 1. The van der Waals surface area contributed by atoms with Crippen LogP contribution in [0.5, 0.6) is 5.75 Å². The smallest absolute Gasteiger partial charge is 0.252 e. The lowest BCUT2D eigenvalue weighted by Gasteiger charge is -2.30. The third-order valence-corrected chi connectivity index (χ3v) is 8.19. The van der Waals surface area contributed by atoms with Gasteiger partial charge in [-0.25, -0.2) is 8.42 Å². The molecule has 1 aromatic carbocycles. The van der Waals surface area contributed by atoms with Crippen molar-refractivity contribution in [1.29, 1.82) is 0 Å². The first-order chi connectivity index (χ1) is 13.5. The third kappa shape index (κ3) is 5.12. The highest BCUT2D eigenvalue weighted by molar-refractivity contribution is 7.91. The molecule has 3 rings (SSSR count). The molecule has 2 heterocycles. The van der Waals surface area contributed by atoms with Crippen molar-refractivity contribution in [2.24, 2.45) is 5.92 Å². The van der Waals surface area contributed by atoms with Crippen molar-refractivity contribution in [1.82, 2.24) is 9.62 Å². The lowest BCUT2D eigenvalue weighted by atomic mass is 9.97. The van der Waals surface area contributed by atoms with E-state index in [0.29, 0.717) is 43.3 Å². The van der Waals surface area contributed by atoms with E-state index >= 15 is 0 Å². The first-order valence-corrected chi connectivity index (χ1v) is 11.9. The summed E-state index contributed by atoms with van der Waals surface area (Å²) in [5.41, 5.74) is 1.26. The summed E-state index contributed by atoms with van der Waals surface area (Å²) in [4.78, 5) is 12.3. The Morgan fingerprint density at radius 1 is 1.21 bits per heavy atom. The Bertz CT molecular complexity index is 856. The molecule has 6 nitrogen and oxygen atoms in total. The number of ether oxygens (including phenoxy) is 1. The summed E-state index contributed by atoms with van der Waals surface area (Å²) in [5, 5.41) is 4.65. The predicted octanol–water partition coefficient (Wildman–Crippen LogP) is 2.91. The number of nitrogens with zero attached hydrogens (tertiary/aromatic N) is 1. The fraction of sp³-hybridized carbons (Fsp3) is 0.450. The number of rotatable bonds is 8. The van der Waals surface area contributed by atoms with E-state index in [4.69, 9.17) is 4.74 Å². The van der Waals surface area contributed by atoms with Crippen LogP contribution in [-0.4, -0.2) is 44.9 Å². The SMILES string of the molecule is CCc1ccc(OCCNC(=O)C2CCN(S(=O)(=O)c3cccs3)CC2)cc1. The van der Waals surface area contributed by atoms with Gasteiger partial charge in [-0.05, 0) is 48.4 Å². The van der Waals surface area contributed by atoms with Gasteiger partial charge >= 0.3 is 0 Å². The van der Waals surface area contributed by atoms with E-state index in [9.17, 15) is 13.2 Å². The highest BCUT2D eigenvalue weighted by Gasteiger charge is 2.32. The quantitative estimate of drug-likeness (QED) is 0.664. The normalized spacial score (nSPS) is 16.0. The number of hydrogen-bond acceptors (Lipinski definition) is 5. The Hall–Kier alpha value is -1.90. The van der Waals surface area contributed by atoms with Crippen molar-refractivity contribution >= 4 is 27.3 Å². The summed E-state index contributed by atoms with van der Waals surface area (Å²) in [6.07, 6.45) is 2.06. The summed E-state index contributed by atoms with van der Waals surface area (Å²) >= 11 is 1.22. The van der Waals surface area contributed by atoms with Gasteiger partial charge in [0.25, 0.3) is 10.0 Å². The average molecular weight is 423 g/mol. The first kappa shape index (κ1) is 20.8. The van der Waals surface area contributed by atoms with Crippen LogP contribution in [0.25, 0.3) is 0 Å². The maximum Gasteiger partial charge on any atom is 0.252 e. The van der Waals surface area contributed by atoms with Gasteiger partial charge in [-0.1, -0.05) is 25.1 Å². The third-order valence-electron chi connectivity index (χ3n) is 4.92. The van der Waals surface area contributed by atoms with Crippen LogP contribution in [0.3, 0.4) is 0 Å². The molecule has 1 saturated heterocycles. The lowest BCUT2D eigenvalue weighted by molar-refractivity contribution is -0.126. The molecular weight excluding hydrogens is 396 g/mol. The molecule has 0 spiro atoms. The van der Waals surface area contributed by atoms with Gasteiger partial charge in [0.05, 0.1) is 6.54 Å². The molecule has 0 saturated carbocycles. The molecule has 0 unspecified atom stereocenters. The molecule has 1 aliphatic heterocycles. The largest absolute Gasteiger partial charge is 0.492 e. The number of nitrogens with one attached hydrogen (secondary N) is 1. The van der Waals surface area contributed by atoms with E-state index in [1.165, 1.54) is 21.2 Å². The second-order valence-electron chi connectivity index (χ2n) is 6.75. The number of benzene rings is 1. The maximum absolute atomic E-state index is 12.5. The van der Waals surface area contributed by atoms with Crippen molar-refractivity contribution in [3.05, 3.63) is 47.3 Å². The molecule has 152 valence electrons. The minimum atomic E-state index is -3.42. The van der Waals surface area contributed by atoms with Crippen molar-refractivity contribution < 1.29 is 17.9 Å². The molecule has 8 heteroatoms. The molecular formula is C20H26N2O4S2. The molecule has 0 atom stereocenters. The zero-order chi connectivity index (χ0) is 20.0. The van der Waals surface area contributed by atoms with Gasteiger partial charge in [0.15, 0.2) is 0 Å². The zero-order valence-corrected chi connectivity index (χ0v) is 17.6. The van der Waals surface area contributed by atoms with Gasteiger partial charge < -0.3 is 10.1 Å². The Balaban J connectivity index is 1.39. The van der Waals surface area contributed by atoms with E-state index in [2.05, 4.69) is 12.2 Å². The first-order valence-electron chi connectivity index (χ1n) is 9.54. The fourth-order valence-electron chi connectivity index (χ4n) is 3.20. The molecule has 1 aromatic heterocycles. The predicted molar refractivity (Wildman–Crippen MR) is 110 cm³/mol. The van der Waals surface area contributed by atoms with Crippen molar-refractivity contribution in [2.45, 2.75) is 30.4 Å². The second-order valence-corrected chi connectivity index (χ2v) is 9.86. The van der Waals surface area contributed by atoms with Crippen LogP contribution < -0.4 is 10.1 Å². The molecule has 2 aromatic rings. The van der Waals surface area contributed by atoms with Gasteiger partial charge in [0.1, 0.15) is 16.6 Å². The van der Waals surface area contributed by atoms with Crippen molar-refractivity contribution in [2.75, 3.05) is 26.2 Å². The number of sulfonamides is 1. The maximum atomic E-state index is 12.5. The zero-order valence-electron chi connectivity index (χ0n) is 16.0. The summed E-state index contributed by atoms with van der Waals surface area (Å²) in [6, 6.07) is 11.3. The minimum absolute atomic E-state index is 0.0295. The average Bonchev–Trinajstić information content (AvgIpc) is 3.27. The van der Waals surface area contributed by atoms with Crippen LogP contribution in [0.2, 0.25) is 0 Å². The number of hydrogen-bond donors (Lipinski definition) is 1. The summed E-state index contributed by atoms with van der Waals surface area (Å²) < 4.78 is 32.5. The van der Waals surface area contributed by atoms with E-state index in [-0.39, 0.29) is 11.8 Å². The van der Waals surface area contributed by atoms with Crippen LogP contribution in [0.1, 0.15) is 25.3 Å². The Morgan fingerprint density at radius 2 is 1.93 bits per heavy atom. The summed E-state index contributed by atoms with van der Waals surface area (Å²) in [6.45, 7) is 3.69. The number of carbonyl (C=O) groups is 1. The Labute approximate surface area is 170 Å². The van der Waals surface area contributed by atoms with Crippen LogP contribution in [0.15, 0.2) is 46.0 Å². The van der Waals surface area contributed by atoms with E-state index < -0.39 is 10.0 Å². The van der Waals surface area contributed by atoms with Gasteiger partial charge in [0.2, 0.25) is 5.91 Å². The summed E-state index contributed by atoms with van der Waals surface area (Å²) in [5.74, 6) is 0.607. The Morgan fingerprint density at radius 3 is 2.54 bits per heavy atom. The molecule has 28 heavy (non-hydrogen) atoms. The van der Waals surface area contributed by atoms with Gasteiger partial charge in [0, 0.05) is 19.0 Å². The highest BCUT2D eigenvalue weighted by atomic mass is 32.2. The molecule has 1 fully saturated rings. The number of aryl methyl sites for hydroxylation is 1. The molecule has 1 amide bonds. The Kier molecular flexibility index (Phi) is 7.09. The van der Waals surface area contributed by atoms with Gasteiger partial charge in [-0.3, -0.25) is 4.79 Å². The van der Waals surface area contributed by atoms with Gasteiger partial charge in [-0.15, -0.1) is 11.3 Å². The number of thiophene rings is 1. The standard InChI is InChI=1S/C20H26N2O4S2/c1-2-16-5-7-18(8-6-16)26-14-11-21-20(23)17-9-12-22(13-10-17)28(24,25)19-4-3-15-27-19/h3-8,15,17H,2,9-14H2,1H3,(H,21,23). The number of carbonyl (C=O) groups excluding carboxylic acids is 1. The van der Waals surface area contributed by atoms with Crippen LogP contribution >= 0.6 is 11.3 Å². The number of amides is 1. The van der Waals surface area contributed by atoms with E-state index in [1.54, 1.807) is 17.5 Å². The minimum Gasteiger partial charge on any atom is -0.492 e. The van der Waals surface area contributed by atoms with Crippen LogP contribution in [0, 0.1) is 5.92 Å². The molecule has 0 radical (unpaired) electrons. The molecule has 0 aliphatic carbocycles. The fourth-order valence-corrected chi connectivity index (χ4v) is 5.82. The highest BCUT2D eigenvalue weighted by Crippen LogP contribution is 2.26. The van der Waals surface area contributed by atoms with Crippen molar-refractivity contribution in [3.63, 3.8) is 0 Å². The van der Waals surface area contributed by atoms with E-state index in [1.807, 2.05) is 24.3 Å². The molecule has 1 aliphatic rings. The van der Waals surface area contributed by atoms with E-state index in [0.717, 1.165) is 12.2 Å². The van der Waals surface area contributed by atoms with Crippen molar-refractivity contribution in [3.8, 4) is 5.75 Å². The van der Waals surface area contributed by atoms with Crippen LogP contribution in [-0.2, 0) is 21.2 Å². The molecule has 0 bridgehead atoms. The summed E-state index contributed by atoms with van der Waals surface area (Å²) in [7, 11) is -3.42. The van der Waals surface area contributed by atoms with Crippen LogP contribution in [0.4, 0.5) is 0 Å². The van der Waals surface area contributed by atoms with Gasteiger partial charge in [-0.2, -0.15) is 4.31 Å². The monoisotopic (exact) mass is 422 g/mol. The molecule has 1 N–H and O–H groups in total. The topological polar surface area (TPSA) is 75.7 Å². The second kappa shape index (κ2) is 9.54. The lowest BCUT2D eigenvalue weighted by Crippen LogP contribution is -2.43.